The molecule has 0 N–H and O–H groups in total. The third-order valence-electron chi connectivity index (χ3n) is 3.80. The predicted octanol–water partition coefficient (Wildman–Crippen LogP) is 3.84. The molecule has 0 aliphatic carbocycles. The lowest BCUT2D eigenvalue weighted by molar-refractivity contribution is 0.585. The second-order valence-electron chi connectivity index (χ2n) is 5.50. The molecule has 0 bridgehead atoms. The van der Waals surface area contributed by atoms with E-state index in [1.165, 1.54) is 12.1 Å². The minimum Gasteiger partial charge on any atom is -0.316 e. The van der Waals surface area contributed by atoms with E-state index in [-0.39, 0.29) is 5.75 Å². The quantitative estimate of drug-likeness (QED) is 0.728. The first kappa shape index (κ1) is 16.4. The Labute approximate surface area is 140 Å². The molecule has 6 heteroatoms. The van der Waals surface area contributed by atoms with Gasteiger partial charge in [0.25, 0.3) is 0 Å². The summed E-state index contributed by atoms with van der Waals surface area (Å²) in [5.41, 5.74) is 3.26. The van der Waals surface area contributed by atoms with Crippen LogP contribution in [-0.4, -0.2) is 13.0 Å². The first-order valence-electron chi connectivity index (χ1n) is 7.30. The minimum absolute atomic E-state index is 0.0141. The third-order valence-corrected chi connectivity index (χ3v) is 4.42. The fourth-order valence-corrected chi connectivity index (χ4v) is 3.19. The normalized spacial score (nSPS) is 11.2. The van der Waals surface area contributed by atoms with Gasteiger partial charge in [-0.25, -0.2) is 17.2 Å². The van der Waals surface area contributed by atoms with Crippen molar-refractivity contribution in [2.75, 3.05) is 0 Å². The minimum atomic E-state index is -2.48. The van der Waals surface area contributed by atoms with Gasteiger partial charge in [-0.1, -0.05) is 12.1 Å². The number of thiol groups is 1. The molecule has 3 nitrogen and oxygen atoms in total. The molecule has 0 unspecified atom stereocenters. The number of rotatable bonds is 4. The molecule has 0 spiro atoms. The van der Waals surface area contributed by atoms with E-state index in [9.17, 15) is 17.2 Å². The molecular formula is C18H15F2NO2S. The van der Waals surface area contributed by atoms with E-state index in [1.807, 2.05) is 13.0 Å². The summed E-state index contributed by atoms with van der Waals surface area (Å²) in [7, 11) is -2.48. The maximum absolute atomic E-state index is 14.2. The molecule has 0 radical (unpaired) electrons. The van der Waals surface area contributed by atoms with Crippen LogP contribution in [0.1, 0.15) is 11.1 Å². The van der Waals surface area contributed by atoms with Gasteiger partial charge in [0.1, 0.15) is 22.3 Å². The Hall–Kier alpha value is -2.47. The van der Waals surface area contributed by atoms with Gasteiger partial charge in [-0.3, -0.25) is 0 Å². The Morgan fingerprint density at radius 1 is 1.00 bits per heavy atom. The SMILES string of the molecule is Cc1ccn(-c2ccc(C[SH](=O)=O)cc2)c1-c1ccc(F)cc1F. The van der Waals surface area contributed by atoms with Crippen molar-refractivity contribution in [3.05, 3.63) is 77.5 Å². The van der Waals surface area contributed by atoms with Crippen LogP contribution in [0.2, 0.25) is 0 Å². The fraction of sp³-hybridized carbons (Fsp3) is 0.111. The average Bonchev–Trinajstić information content (AvgIpc) is 2.89. The number of hydrogen-bond acceptors (Lipinski definition) is 2. The van der Waals surface area contributed by atoms with Crippen LogP contribution in [-0.2, 0) is 16.5 Å². The van der Waals surface area contributed by atoms with E-state index in [4.69, 9.17) is 0 Å². The van der Waals surface area contributed by atoms with Gasteiger partial charge < -0.3 is 4.57 Å². The van der Waals surface area contributed by atoms with Crippen molar-refractivity contribution < 1.29 is 17.2 Å². The van der Waals surface area contributed by atoms with Crippen molar-refractivity contribution >= 4 is 10.7 Å². The monoisotopic (exact) mass is 347 g/mol. The molecule has 1 aromatic heterocycles. The van der Waals surface area contributed by atoms with Gasteiger partial charge in [0.15, 0.2) is 0 Å². The maximum atomic E-state index is 14.2. The van der Waals surface area contributed by atoms with Crippen LogP contribution in [0.3, 0.4) is 0 Å². The molecule has 0 aliphatic rings. The predicted molar refractivity (Wildman–Crippen MR) is 89.9 cm³/mol. The number of aryl methyl sites for hydroxylation is 1. The Kier molecular flexibility index (Phi) is 4.49. The molecule has 0 atom stereocenters. The molecule has 0 saturated heterocycles. The molecule has 2 aromatic carbocycles. The molecule has 1 heterocycles. The van der Waals surface area contributed by atoms with E-state index in [1.54, 1.807) is 35.0 Å². The summed E-state index contributed by atoms with van der Waals surface area (Å²) in [5, 5.41) is 0. The number of aromatic nitrogens is 1. The van der Waals surface area contributed by atoms with Crippen molar-refractivity contribution in [1.82, 2.24) is 4.57 Å². The van der Waals surface area contributed by atoms with Crippen LogP contribution in [0, 0.1) is 18.6 Å². The van der Waals surface area contributed by atoms with Crippen LogP contribution in [0.15, 0.2) is 54.7 Å². The van der Waals surface area contributed by atoms with E-state index in [0.717, 1.165) is 17.3 Å². The first-order chi connectivity index (χ1) is 11.5. The van der Waals surface area contributed by atoms with Crippen molar-refractivity contribution in [1.29, 1.82) is 0 Å². The van der Waals surface area contributed by atoms with Gasteiger partial charge in [-0.05, 0) is 48.4 Å². The largest absolute Gasteiger partial charge is 0.316 e. The molecule has 0 amide bonds. The van der Waals surface area contributed by atoms with Gasteiger partial charge in [0.05, 0.1) is 11.4 Å². The highest BCUT2D eigenvalue weighted by molar-refractivity contribution is 7.71. The Bertz CT molecular complexity index is 952. The smallest absolute Gasteiger partial charge is 0.144 e. The highest BCUT2D eigenvalue weighted by Crippen LogP contribution is 2.30. The number of benzene rings is 2. The van der Waals surface area contributed by atoms with Gasteiger partial charge in [0.2, 0.25) is 0 Å². The van der Waals surface area contributed by atoms with Crippen LogP contribution < -0.4 is 0 Å². The molecule has 3 aromatic rings. The van der Waals surface area contributed by atoms with Crippen molar-refractivity contribution in [2.24, 2.45) is 0 Å². The highest BCUT2D eigenvalue weighted by atomic mass is 32.2. The summed E-state index contributed by atoms with van der Waals surface area (Å²) in [6, 6.07) is 12.3. The zero-order chi connectivity index (χ0) is 17.3. The Morgan fingerprint density at radius 3 is 2.33 bits per heavy atom. The van der Waals surface area contributed by atoms with Crippen LogP contribution in [0.5, 0.6) is 0 Å². The Morgan fingerprint density at radius 2 is 1.71 bits per heavy atom. The van der Waals surface area contributed by atoms with Crippen molar-refractivity contribution in [2.45, 2.75) is 12.7 Å². The second kappa shape index (κ2) is 6.57. The fourth-order valence-electron chi connectivity index (χ4n) is 2.68. The first-order valence-corrected chi connectivity index (χ1v) is 8.66. The molecule has 0 fully saturated rings. The molecule has 24 heavy (non-hydrogen) atoms. The van der Waals surface area contributed by atoms with E-state index >= 15 is 0 Å². The molecule has 3 rings (SSSR count). The maximum Gasteiger partial charge on any atom is 0.144 e. The van der Waals surface area contributed by atoms with Crippen LogP contribution in [0.25, 0.3) is 16.9 Å². The number of hydrogen-bond donors (Lipinski definition) is 1. The molecular weight excluding hydrogens is 332 g/mol. The number of nitrogens with zero attached hydrogens (tertiary/aromatic N) is 1. The lowest BCUT2D eigenvalue weighted by Gasteiger charge is -2.12. The third kappa shape index (κ3) is 3.23. The average molecular weight is 347 g/mol. The van der Waals surface area contributed by atoms with Crippen molar-refractivity contribution in [3.63, 3.8) is 0 Å². The zero-order valence-corrected chi connectivity index (χ0v) is 13.8. The summed E-state index contributed by atoms with van der Waals surface area (Å²) in [4.78, 5) is 0. The van der Waals surface area contributed by atoms with E-state index in [0.29, 0.717) is 16.8 Å². The van der Waals surface area contributed by atoms with Crippen LogP contribution in [0.4, 0.5) is 8.78 Å². The van der Waals surface area contributed by atoms with Gasteiger partial charge in [0, 0.05) is 23.5 Å². The highest BCUT2D eigenvalue weighted by Gasteiger charge is 2.14. The van der Waals surface area contributed by atoms with Gasteiger partial charge in [-0.2, -0.15) is 0 Å². The lowest BCUT2D eigenvalue weighted by atomic mass is 10.1. The van der Waals surface area contributed by atoms with Crippen LogP contribution >= 0.6 is 0 Å². The zero-order valence-electron chi connectivity index (χ0n) is 12.9. The topological polar surface area (TPSA) is 39.1 Å². The van der Waals surface area contributed by atoms with E-state index < -0.39 is 22.3 Å². The van der Waals surface area contributed by atoms with E-state index in [2.05, 4.69) is 0 Å². The summed E-state index contributed by atoms with van der Waals surface area (Å²) in [5.74, 6) is -1.26. The lowest BCUT2D eigenvalue weighted by Crippen LogP contribution is -1.99. The summed E-state index contributed by atoms with van der Waals surface area (Å²) in [6.07, 6.45) is 1.80. The standard InChI is InChI=1S/C18H15F2NO2S/c1-12-8-9-21(15-5-2-13(3-6-15)11-24(22)23)18(12)16-7-4-14(19)10-17(16)20/h2-10,24H,11H2,1H3. The van der Waals surface area contributed by atoms with Crippen molar-refractivity contribution in [3.8, 4) is 16.9 Å². The summed E-state index contributed by atoms with van der Waals surface area (Å²) >= 11 is 0. The molecule has 0 saturated carbocycles. The summed E-state index contributed by atoms with van der Waals surface area (Å²) < 4.78 is 50.7. The molecule has 124 valence electrons. The summed E-state index contributed by atoms with van der Waals surface area (Å²) in [6.45, 7) is 1.85. The molecule has 0 aliphatic heterocycles. The Balaban J connectivity index is 2.07. The number of halogens is 2. The van der Waals surface area contributed by atoms with Gasteiger partial charge >= 0.3 is 0 Å². The second-order valence-corrected chi connectivity index (χ2v) is 6.48. The van der Waals surface area contributed by atoms with Gasteiger partial charge in [-0.15, -0.1) is 0 Å².